The first-order valence-corrected chi connectivity index (χ1v) is 5.73. The highest BCUT2D eigenvalue weighted by atomic mass is 19.1. The van der Waals surface area contributed by atoms with Crippen molar-refractivity contribution in [1.29, 1.82) is 0 Å². The Hall–Kier alpha value is -2.15. The topological polar surface area (TPSA) is 98.7 Å². The second-order valence-corrected chi connectivity index (χ2v) is 4.22. The predicted molar refractivity (Wildman–Crippen MR) is 65.7 cm³/mol. The molecule has 102 valence electrons. The molecule has 1 fully saturated rings. The van der Waals surface area contributed by atoms with Crippen LogP contribution in [0.1, 0.15) is 10.4 Å². The number of benzene rings is 1. The largest absolute Gasteiger partial charge is 0.398 e. The molecule has 2 amide bonds. The van der Waals surface area contributed by atoms with Crippen molar-refractivity contribution in [2.45, 2.75) is 6.04 Å². The van der Waals surface area contributed by atoms with Crippen molar-refractivity contribution >= 4 is 17.5 Å². The highest BCUT2D eigenvalue weighted by molar-refractivity contribution is 6.01. The van der Waals surface area contributed by atoms with Crippen LogP contribution in [0.15, 0.2) is 18.2 Å². The van der Waals surface area contributed by atoms with Crippen molar-refractivity contribution in [2.24, 2.45) is 5.73 Å². The summed E-state index contributed by atoms with van der Waals surface area (Å²) in [6, 6.07) is 2.66. The lowest BCUT2D eigenvalue weighted by atomic mass is 10.1. The molecule has 0 spiro atoms. The molecule has 1 saturated heterocycles. The second kappa shape index (κ2) is 5.23. The van der Waals surface area contributed by atoms with Gasteiger partial charge < -0.3 is 21.1 Å². The third kappa shape index (κ3) is 2.65. The molecule has 4 N–H and O–H groups in total. The Balaban J connectivity index is 2.31. The van der Waals surface area contributed by atoms with Gasteiger partial charge in [-0.05, 0) is 18.2 Å². The summed E-state index contributed by atoms with van der Waals surface area (Å²) in [5, 5.41) is 0. The molecule has 1 atom stereocenters. The second-order valence-electron chi connectivity index (χ2n) is 4.22. The molecule has 0 radical (unpaired) electrons. The van der Waals surface area contributed by atoms with E-state index < -0.39 is 23.7 Å². The van der Waals surface area contributed by atoms with Gasteiger partial charge in [0, 0.05) is 12.2 Å². The standard InChI is InChI=1S/C12H14FN3O3/c13-7-1-2-9(14)8(5-7)12(18)16-3-4-19-6-10(16)11(15)17/h1-2,5,10H,3-4,6,14H2,(H2,15,17). The Morgan fingerprint density at radius 2 is 2.16 bits per heavy atom. The minimum atomic E-state index is -0.857. The molecule has 1 aliphatic rings. The fourth-order valence-electron chi connectivity index (χ4n) is 1.95. The maximum Gasteiger partial charge on any atom is 0.256 e. The Labute approximate surface area is 109 Å². The molecule has 0 aromatic heterocycles. The zero-order valence-corrected chi connectivity index (χ0v) is 10.1. The maximum atomic E-state index is 13.2. The molecule has 0 bridgehead atoms. The van der Waals surface area contributed by atoms with Crippen LogP contribution in [0.5, 0.6) is 0 Å². The first kappa shape index (κ1) is 13.3. The van der Waals surface area contributed by atoms with Gasteiger partial charge in [0.2, 0.25) is 5.91 Å². The van der Waals surface area contributed by atoms with Gasteiger partial charge in [0.15, 0.2) is 0 Å². The van der Waals surface area contributed by atoms with Gasteiger partial charge in [-0.2, -0.15) is 0 Å². The Bertz CT molecular complexity index is 521. The molecule has 7 heteroatoms. The summed E-state index contributed by atoms with van der Waals surface area (Å²) in [5.74, 6) is -1.76. The Kier molecular flexibility index (Phi) is 3.66. The molecular formula is C12H14FN3O3. The summed E-state index contributed by atoms with van der Waals surface area (Å²) in [6.45, 7) is 0.545. The van der Waals surface area contributed by atoms with Gasteiger partial charge >= 0.3 is 0 Å². The van der Waals surface area contributed by atoms with Gasteiger partial charge in [-0.15, -0.1) is 0 Å². The van der Waals surface area contributed by atoms with E-state index in [2.05, 4.69) is 0 Å². The van der Waals surface area contributed by atoms with Crippen LogP contribution in [0.25, 0.3) is 0 Å². The van der Waals surface area contributed by atoms with Crippen molar-refractivity contribution in [1.82, 2.24) is 4.90 Å². The van der Waals surface area contributed by atoms with Crippen molar-refractivity contribution in [3.63, 3.8) is 0 Å². The van der Waals surface area contributed by atoms with E-state index in [1.54, 1.807) is 0 Å². The predicted octanol–water partition coefficient (Wildman–Crippen LogP) is -0.266. The average Bonchev–Trinajstić information content (AvgIpc) is 2.40. The van der Waals surface area contributed by atoms with Gasteiger partial charge in [0.05, 0.1) is 18.8 Å². The molecular weight excluding hydrogens is 253 g/mol. The van der Waals surface area contributed by atoms with Crippen LogP contribution in [0.3, 0.4) is 0 Å². The molecule has 19 heavy (non-hydrogen) atoms. The first-order chi connectivity index (χ1) is 9.00. The summed E-state index contributed by atoms with van der Waals surface area (Å²) >= 11 is 0. The number of nitrogens with zero attached hydrogens (tertiary/aromatic N) is 1. The lowest BCUT2D eigenvalue weighted by molar-refractivity contribution is -0.127. The van der Waals surface area contributed by atoms with E-state index in [4.69, 9.17) is 16.2 Å². The summed E-state index contributed by atoms with van der Waals surface area (Å²) in [7, 11) is 0. The van der Waals surface area contributed by atoms with Crippen molar-refractivity contribution < 1.29 is 18.7 Å². The molecule has 0 aliphatic carbocycles. The molecule has 0 saturated carbocycles. The number of carbonyl (C=O) groups is 2. The molecule has 2 rings (SSSR count). The lowest BCUT2D eigenvalue weighted by Crippen LogP contribution is -2.54. The van der Waals surface area contributed by atoms with E-state index in [1.807, 2.05) is 0 Å². The third-order valence-corrected chi connectivity index (χ3v) is 2.96. The van der Waals surface area contributed by atoms with E-state index in [9.17, 15) is 14.0 Å². The number of nitrogens with two attached hydrogens (primary N) is 2. The number of ether oxygens (including phenoxy) is 1. The average molecular weight is 267 g/mol. The van der Waals surface area contributed by atoms with Gasteiger partial charge in [-0.25, -0.2) is 4.39 Å². The van der Waals surface area contributed by atoms with Gasteiger partial charge in [-0.1, -0.05) is 0 Å². The minimum Gasteiger partial charge on any atom is -0.398 e. The van der Waals surface area contributed by atoms with E-state index in [1.165, 1.54) is 11.0 Å². The number of hydrogen-bond acceptors (Lipinski definition) is 4. The Morgan fingerprint density at radius 3 is 2.84 bits per heavy atom. The number of nitrogen functional groups attached to an aromatic ring is 1. The fourth-order valence-corrected chi connectivity index (χ4v) is 1.95. The minimum absolute atomic E-state index is 0.0214. The molecule has 1 aromatic carbocycles. The van der Waals surface area contributed by atoms with E-state index in [0.29, 0.717) is 6.61 Å². The number of halogens is 1. The van der Waals surface area contributed by atoms with E-state index in [-0.39, 0.29) is 24.4 Å². The van der Waals surface area contributed by atoms with Crippen LogP contribution in [0, 0.1) is 5.82 Å². The number of morpholine rings is 1. The highest BCUT2D eigenvalue weighted by Crippen LogP contribution is 2.18. The van der Waals surface area contributed by atoms with E-state index in [0.717, 1.165) is 12.1 Å². The molecule has 6 nitrogen and oxygen atoms in total. The fraction of sp³-hybridized carbons (Fsp3) is 0.333. The van der Waals surface area contributed by atoms with Gasteiger partial charge in [0.25, 0.3) is 5.91 Å². The first-order valence-electron chi connectivity index (χ1n) is 5.73. The van der Waals surface area contributed by atoms with Gasteiger partial charge in [0.1, 0.15) is 11.9 Å². The Morgan fingerprint density at radius 1 is 1.42 bits per heavy atom. The number of rotatable bonds is 2. The van der Waals surface area contributed by atoms with Crippen LogP contribution in [-0.2, 0) is 9.53 Å². The normalized spacial score (nSPS) is 19.2. The number of amides is 2. The zero-order valence-electron chi connectivity index (χ0n) is 10.1. The van der Waals surface area contributed by atoms with Crippen LogP contribution in [-0.4, -0.2) is 42.5 Å². The molecule has 1 aliphatic heterocycles. The highest BCUT2D eigenvalue weighted by Gasteiger charge is 2.32. The SMILES string of the molecule is NC(=O)C1COCCN1C(=O)c1cc(F)ccc1N. The van der Waals surface area contributed by atoms with E-state index >= 15 is 0 Å². The van der Waals surface area contributed by atoms with Crippen LogP contribution in [0.2, 0.25) is 0 Å². The maximum absolute atomic E-state index is 13.2. The summed E-state index contributed by atoms with van der Waals surface area (Å²) in [6.07, 6.45) is 0. The molecule has 1 unspecified atom stereocenters. The van der Waals surface area contributed by atoms with Crippen LogP contribution >= 0.6 is 0 Å². The number of anilines is 1. The summed E-state index contributed by atoms with van der Waals surface area (Å²) in [5.41, 5.74) is 11.1. The summed E-state index contributed by atoms with van der Waals surface area (Å²) < 4.78 is 18.3. The van der Waals surface area contributed by atoms with Crippen molar-refractivity contribution in [3.05, 3.63) is 29.6 Å². The van der Waals surface area contributed by atoms with Crippen LogP contribution in [0.4, 0.5) is 10.1 Å². The summed E-state index contributed by atoms with van der Waals surface area (Å²) in [4.78, 5) is 24.9. The lowest BCUT2D eigenvalue weighted by Gasteiger charge is -2.33. The van der Waals surface area contributed by atoms with Crippen LogP contribution < -0.4 is 11.5 Å². The molecule has 1 heterocycles. The van der Waals surface area contributed by atoms with Crippen molar-refractivity contribution in [2.75, 3.05) is 25.5 Å². The number of carbonyl (C=O) groups excluding carboxylic acids is 2. The number of primary amides is 1. The van der Waals surface area contributed by atoms with Gasteiger partial charge in [-0.3, -0.25) is 9.59 Å². The zero-order chi connectivity index (χ0) is 14.0. The van der Waals surface area contributed by atoms with Crippen molar-refractivity contribution in [3.8, 4) is 0 Å². The smallest absolute Gasteiger partial charge is 0.256 e. The quantitative estimate of drug-likeness (QED) is 0.721. The molecule has 1 aromatic rings. The monoisotopic (exact) mass is 267 g/mol. The third-order valence-electron chi connectivity index (χ3n) is 2.96. The number of hydrogen-bond donors (Lipinski definition) is 2.